The predicted octanol–water partition coefficient (Wildman–Crippen LogP) is 3.26. The third-order valence-electron chi connectivity index (χ3n) is 5.98. The van der Waals surface area contributed by atoms with Crippen LogP contribution in [0.4, 0.5) is 26.1 Å². The molecule has 0 atom stereocenters. The van der Waals surface area contributed by atoms with E-state index < -0.39 is 17.5 Å². The number of benzene rings is 2. The maximum Gasteiger partial charge on any atom is 0.230 e. The molecule has 2 heterocycles. The van der Waals surface area contributed by atoms with Crippen molar-refractivity contribution in [3.05, 3.63) is 60.1 Å². The largest absolute Gasteiger partial charge is 0.493 e. The molecule has 0 fully saturated rings. The minimum atomic E-state index is -1.13. The molecule has 0 radical (unpaired) electrons. The number of halogens is 2. The van der Waals surface area contributed by atoms with E-state index in [-0.39, 0.29) is 18.7 Å². The smallest absolute Gasteiger partial charge is 0.230 e. The quantitative estimate of drug-likeness (QED) is 0.134. The molecule has 13 heteroatoms. The second-order valence-corrected chi connectivity index (χ2v) is 8.88. The number of nitrogens with one attached hydrogen (secondary N) is 3. The topological polar surface area (TPSA) is 138 Å². The first-order valence-corrected chi connectivity index (χ1v) is 12.7. The predicted molar refractivity (Wildman–Crippen MR) is 149 cm³/mol. The van der Waals surface area contributed by atoms with Crippen molar-refractivity contribution in [2.45, 2.75) is 12.8 Å². The number of aliphatic hydroxyl groups is 1. The van der Waals surface area contributed by atoms with Crippen molar-refractivity contribution in [2.24, 2.45) is 0 Å². The van der Waals surface area contributed by atoms with Crippen LogP contribution in [0, 0.1) is 24.0 Å². The van der Waals surface area contributed by atoms with E-state index in [1.165, 1.54) is 25.6 Å². The lowest BCUT2D eigenvalue weighted by molar-refractivity contribution is -0.115. The molecule has 0 aliphatic carbocycles. The van der Waals surface area contributed by atoms with E-state index in [1.807, 2.05) is 4.90 Å². The molecule has 0 saturated carbocycles. The maximum absolute atomic E-state index is 13.8. The van der Waals surface area contributed by atoms with Gasteiger partial charge < -0.3 is 25.2 Å². The Balaban J connectivity index is 1.41. The lowest BCUT2D eigenvalue weighted by Gasteiger charge is -2.18. The number of hydrogen-bond donors (Lipinski definition) is 4. The van der Waals surface area contributed by atoms with Crippen molar-refractivity contribution in [2.75, 3.05) is 50.6 Å². The number of aliphatic hydroxyl groups excluding tert-OH is 1. The summed E-state index contributed by atoms with van der Waals surface area (Å²) in [6.45, 7) is 2.05. The van der Waals surface area contributed by atoms with Gasteiger partial charge in [-0.2, -0.15) is 5.10 Å². The van der Waals surface area contributed by atoms with E-state index in [2.05, 4.69) is 36.7 Å². The number of aromatic nitrogens is 4. The number of anilines is 3. The van der Waals surface area contributed by atoms with Crippen molar-refractivity contribution in [1.29, 1.82) is 0 Å². The maximum atomic E-state index is 13.8. The molecular weight excluding hydrogens is 536 g/mol. The number of carbonyl (C=O) groups is 1. The number of aromatic amines is 1. The fraction of sp³-hybridized carbons (Fsp3) is 0.286. The Kier molecular flexibility index (Phi) is 9.98. The van der Waals surface area contributed by atoms with Gasteiger partial charge in [0.05, 0.1) is 44.5 Å². The third kappa shape index (κ3) is 7.65. The van der Waals surface area contributed by atoms with Crippen molar-refractivity contribution in [3.63, 3.8) is 0 Å². The van der Waals surface area contributed by atoms with Crippen LogP contribution in [-0.2, 0) is 11.2 Å². The minimum absolute atomic E-state index is 0.0316. The first kappa shape index (κ1) is 29.2. The monoisotopic (exact) mass is 565 g/mol. The summed E-state index contributed by atoms with van der Waals surface area (Å²) in [4.78, 5) is 23.0. The van der Waals surface area contributed by atoms with E-state index >= 15 is 0 Å². The molecule has 1 amide bonds. The van der Waals surface area contributed by atoms with Gasteiger partial charge in [0.1, 0.15) is 12.1 Å². The van der Waals surface area contributed by atoms with Crippen LogP contribution in [0.25, 0.3) is 10.9 Å². The lowest BCUT2D eigenvalue weighted by atomic mass is 10.2. The van der Waals surface area contributed by atoms with Crippen LogP contribution < -0.4 is 20.1 Å². The van der Waals surface area contributed by atoms with Gasteiger partial charge in [-0.25, -0.2) is 18.7 Å². The van der Waals surface area contributed by atoms with Crippen molar-refractivity contribution in [1.82, 2.24) is 25.1 Å². The molecular formula is C28H29F2N7O4. The van der Waals surface area contributed by atoms with Crippen LogP contribution in [0.2, 0.25) is 0 Å². The van der Waals surface area contributed by atoms with Gasteiger partial charge in [-0.1, -0.05) is 12.0 Å². The molecule has 11 nitrogen and oxygen atoms in total. The summed E-state index contributed by atoms with van der Waals surface area (Å²) in [6.07, 6.45) is 7.31. The summed E-state index contributed by atoms with van der Waals surface area (Å²) < 4.78 is 38.7. The highest BCUT2D eigenvalue weighted by atomic mass is 19.2. The highest BCUT2D eigenvalue weighted by Gasteiger charge is 2.15. The van der Waals surface area contributed by atoms with Crippen molar-refractivity contribution < 1.29 is 28.2 Å². The fourth-order valence-electron chi connectivity index (χ4n) is 4.05. The van der Waals surface area contributed by atoms with E-state index in [0.29, 0.717) is 72.4 Å². The molecule has 2 aromatic carbocycles. The second kappa shape index (κ2) is 14.0. The standard InChI is InChI=1S/C28H29F2N7O4/c1-3-8-37(10-11-38)9-5-12-41-24-16-22-19(15-23(24)40-2)28(32-17-31-22)34-25-13-18(35-36-25)14-26(39)33-21-7-4-6-20(29)27(21)30/h1,4,6-7,13,15-17,38H,5,8-12,14H2,2H3,(H,33,39)(H2,31,32,34,35,36). The summed E-state index contributed by atoms with van der Waals surface area (Å²) in [5.41, 5.74) is 0.790. The number of methoxy groups -OCH3 is 1. The van der Waals surface area contributed by atoms with E-state index in [9.17, 15) is 13.6 Å². The van der Waals surface area contributed by atoms with Gasteiger partial charge in [0, 0.05) is 36.3 Å². The summed E-state index contributed by atoms with van der Waals surface area (Å²) in [7, 11) is 1.53. The SMILES string of the molecule is C#CCN(CCO)CCCOc1cc2ncnc(Nc3cc(CC(=O)Nc4cccc(F)c4F)[nH]n3)c2cc1OC. The van der Waals surface area contributed by atoms with Crippen LogP contribution >= 0.6 is 0 Å². The minimum Gasteiger partial charge on any atom is -0.493 e. The molecule has 4 N–H and O–H groups in total. The van der Waals surface area contributed by atoms with Gasteiger partial charge in [0.2, 0.25) is 5.91 Å². The Bertz CT molecular complexity index is 1540. The summed E-state index contributed by atoms with van der Waals surface area (Å²) in [6, 6.07) is 8.64. The second-order valence-electron chi connectivity index (χ2n) is 8.88. The zero-order chi connectivity index (χ0) is 29.2. The van der Waals surface area contributed by atoms with Crippen molar-refractivity contribution >= 4 is 34.1 Å². The average Bonchev–Trinajstić information content (AvgIpc) is 3.39. The molecule has 4 rings (SSSR count). The molecule has 0 saturated heterocycles. The lowest BCUT2D eigenvalue weighted by Crippen LogP contribution is -2.29. The zero-order valence-electron chi connectivity index (χ0n) is 22.3. The van der Waals surface area contributed by atoms with Crippen LogP contribution in [0.5, 0.6) is 11.5 Å². The van der Waals surface area contributed by atoms with Crippen LogP contribution in [-0.4, -0.2) is 76.0 Å². The first-order valence-electron chi connectivity index (χ1n) is 12.7. The van der Waals surface area contributed by atoms with Gasteiger partial charge in [-0.3, -0.25) is 14.8 Å². The van der Waals surface area contributed by atoms with Crippen LogP contribution in [0.3, 0.4) is 0 Å². The third-order valence-corrected chi connectivity index (χ3v) is 5.98. The highest BCUT2D eigenvalue weighted by Crippen LogP contribution is 2.34. The number of fused-ring (bicyclic) bond motifs is 1. The van der Waals surface area contributed by atoms with Gasteiger partial charge >= 0.3 is 0 Å². The van der Waals surface area contributed by atoms with Gasteiger partial charge in [0.15, 0.2) is 29.0 Å². The summed E-state index contributed by atoms with van der Waals surface area (Å²) in [5.74, 6) is 1.67. The number of H-pyrrole nitrogens is 1. The van der Waals surface area contributed by atoms with Crippen molar-refractivity contribution in [3.8, 4) is 23.8 Å². The number of amides is 1. The number of rotatable bonds is 14. The molecule has 214 valence electrons. The first-order chi connectivity index (χ1) is 19.9. The summed E-state index contributed by atoms with van der Waals surface area (Å²) >= 11 is 0. The Morgan fingerprint density at radius 3 is 2.83 bits per heavy atom. The normalized spacial score (nSPS) is 10.9. The van der Waals surface area contributed by atoms with E-state index in [4.69, 9.17) is 21.0 Å². The molecule has 0 unspecified atom stereocenters. The molecule has 0 bridgehead atoms. The fourth-order valence-corrected chi connectivity index (χ4v) is 4.05. The van der Waals surface area contributed by atoms with E-state index in [0.717, 1.165) is 6.07 Å². The molecule has 0 spiro atoms. The highest BCUT2D eigenvalue weighted by molar-refractivity contribution is 5.93. The molecule has 0 aliphatic heterocycles. The van der Waals surface area contributed by atoms with Crippen LogP contribution in [0.1, 0.15) is 12.1 Å². The molecule has 4 aromatic rings. The number of ether oxygens (including phenoxy) is 2. The van der Waals surface area contributed by atoms with Gasteiger partial charge in [-0.15, -0.1) is 6.42 Å². The molecule has 0 aliphatic rings. The Hall–Kier alpha value is -4.80. The Labute approximate surface area is 234 Å². The molecule has 2 aromatic heterocycles. The van der Waals surface area contributed by atoms with E-state index in [1.54, 1.807) is 18.2 Å². The number of nitrogens with zero attached hydrogens (tertiary/aromatic N) is 4. The van der Waals surface area contributed by atoms with Crippen LogP contribution in [0.15, 0.2) is 42.7 Å². The Morgan fingerprint density at radius 1 is 1.20 bits per heavy atom. The zero-order valence-corrected chi connectivity index (χ0v) is 22.3. The number of terminal acetylenes is 1. The Morgan fingerprint density at radius 2 is 2.05 bits per heavy atom. The molecule has 41 heavy (non-hydrogen) atoms. The number of carbonyl (C=O) groups excluding carboxylic acids is 1. The van der Waals surface area contributed by atoms with Gasteiger partial charge in [0.25, 0.3) is 0 Å². The summed E-state index contributed by atoms with van der Waals surface area (Å²) in [5, 5.41) is 22.2. The number of hydrogen-bond acceptors (Lipinski definition) is 9. The van der Waals surface area contributed by atoms with Gasteiger partial charge in [-0.05, 0) is 24.6 Å². The average molecular weight is 566 g/mol.